The minimum atomic E-state index is 0.0665. The molecule has 2 heterocycles. The maximum absolute atomic E-state index is 11.6. The number of fused-ring (bicyclic) bond motifs is 1. The molecular weight excluding hydrogens is 198 g/mol. The molecule has 0 saturated carbocycles. The predicted molar refractivity (Wildman–Crippen MR) is 55.7 cm³/mol. The molecular formula is C10H11NO2S. The van der Waals surface area contributed by atoms with Crippen LogP contribution >= 0.6 is 11.3 Å². The number of unbranched alkanes of at least 4 members (excludes halogenated alkanes) is 1. The fraction of sp³-hybridized carbons (Fsp3) is 0.400. The fourth-order valence-electron chi connectivity index (χ4n) is 1.31. The monoisotopic (exact) mass is 209 g/mol. The van der Waals surface area contributed by atoms with Gasteiger partial charge in [0, 0.05) is 6.42 Å². The molecule has 0 N–H and O–H groups in total. The normalized spacial score (nSPS) is 10.9. The average Bonchev–Trinajstić information content (AvgIpc) is 2.74. The lowest BCUT2D eigenvalue weighted by Gasteiger charge is -1.93. The van der Waals surface area contributed by atoms with Gasteiger partial charge in [-0.25, -0.2) is 0 Å². The molecule has 0 amide bonds. The quantitative estimate of drug-likeness (QED) is 0.726. The van der Waals surface area contributed by atoms with Crippen LogP contribution in [0.2, 0.25) is 0 Å². The van der Waals surface area contributed by atoms with Crippen molar-refractivity contribution >= 4 is 27.3 Å². The zero-order chi connectivity index (χ0) is 9.97. The standard InChI is InChI=1S/C10H11NO2S/c1-2-3-4-8(12)9-10-7(11-13-9)5-6-14-10/h5-6H,2-4H2,1H3. The summed E-state index contributed by atoms with van der Waals surface area (Å²) in [4.78, 5) is 11.6. The van der Waals surface area contributed by atoms with E-state index in [4.69, 9.17) is 4.52 Å². The third kappa shape index (κ3) is 1.57. The van der Waals surface area contributed by atoms with E-state index in [0.717, 1.165) is 23.1 Å². The van der Waals surface area contributed by atoms with Gasteiger partial charge in [0.15, 0.2) is 0 Å². The molecule has 0 aliphatic carbocycles. The molecule has 3 nitrogen and oxygen atoms in total. The highest BCUT2D eigenvalue weighted by Crippen LogP contribution is 2.25. The zero-order valence-corrected chi connectivity index (χ0v) is 8.76. The van der Waals surface area contributed by atoms with Crippen LogP contribution in [-0.2, 0) is 0 Å². The Hall–Kier alpha value is -1.16. The minimum Gasteiger partial charge on any atom is -0.351 e. The van der Waals surface area contributed by atoms with Gasteiger partial charge >= 0.3 is 0 Å². The number of carbonyl (C=O) groups is 1. The number of hydrogen-bond acceptors (Lipinski definition) is 4. The number of thiophene rings is 1. The number of rotatable bonds is 4. The van der Waals surface area contributed by atoms with Crippen molar-refractivity contribution in [3.8, 4) is 0 Å². The summed E-state index contributed by atoms with van der Waals surface area (Å²) in [6.45, 7) is 2.06. The van der Waals surface area contributed by atoms with E-state index in [2.05, 4.69) is 12.1 Å². The van der Waals surface area contributed by atoms with Gasteiger partial charge in [-0.15, -0.1) is 11.3 Å². The number of aromatic nitrogens is 1. The third-order valence-electron chi connectivity index (χ3n) is 2.10. The molecule has 0 atom stereocenters. The van der Waals surface area contributed by atoms with Crippen molar-refractivity contribution in [3.05, 3.63) is 17.2 Å². The van der Waals surface area contributed by atoms with Crippen molar-refractivity contribution in [2.45, 2.75) is 26.2 Å². The molecule has 0 fully saturated rings. The van der Waals surface area contributed by atoms with Crippen LogP contribution in [0, 0.1) is 0 Å². The van der Waals surface area contributed by atoms with E-state index in [-0.39, 0.29) is 5.78 Å². The first kappa shape index (κ1) is 9.40. The molecule has 14 heavy (non-hydrogen) atoms. The van der Waals surface area contributed by atoms with Crippen molar-refractivity contribution in [3.63, 3.8) is 0 Å². The molecule has 0 radical (unpaired) electrons. The Morgan fingerprint density at radius 2 is 2.50 bits per heavy atom. The first-order chi connectivity index (χ1) is 6.83. The molecule has 4 heteroatoms. The lowest BCUT2D eigenvalue weighted by Crippen LogP contribution is -1.96. The van der Waals surface area contributed by atoms with Crippen molar-refractivity contribution in [2.75, 3.05) is 0 Å². The number of Topliss-reactive ketones (excluding diaryl/α,β-unsaturated/α-hetero) is 1. The van der Waals surface area contributed by atoms with Crippen LogP contribution in [0.1, 0.15) is 36.7 Å². The van der Waals surface area contributed by atoms with E-state index in [1.165, 1.54) is 11.3 Å². The van der Waals surface area contributed by atoms with Gasteiger partial charge in [0.25, 0.3) is 0 Å². The van der Waals surface area contributed by atoms with Crippen LogP contribution < -0.4 is 0 Å². The van der Waals surface area contributed by atoms with E-state index in [9.17, 15) is 4.79 Å². The third-order valence-corrected chi connectivity index (χ3v) is 3.00. The highest BCUT2D eigenvalue weighted by molar-refractivity contribution is 7.17. The van der Waals surface area contributed by atoms with Crippen LogP contribution in [0.5, 0.6) is 0 Å². The van der Waals surface area contributed by atoms with E-state index >= 15 is 0 Å². The van der Waals surface area contributed by atoms with E-state index in [1.54, 1.807) is 0 Å². The van der Waals surface area contributed by atoms with Gasteiger partial charge in [0.2, 0.25) is 11.5 Å². The maximum Gasteiger partial charge on any atom is 0.220 e. The smallest absolute Gasteiger partial charge is 0.220 e. The summed E-state index contributed by atoms with van der Waals surface area (Å²) in [5.41, 5.74) is 0.787. The number of carbonyl (C=O) groups excluding carboxylic acids is 1. The van der Waals surface area contributed by atoms with Crippen LogP contribution in [0.25, 0.3) is 10.2 Å². The van der Waals surface area contributed by atoms with Crippen LogP contribution in [0.4, 0.5) is 0 Å². The summed E-state index contributed by atoms with van der Waals surface area (Å²) >= 11 is 1.51. The summed E-state index contributed by atoms with van der Waals surface area (Å²) in [5.74, 6) is 0.500. The second-order valence-corrected chi connectivity index (χ2v) is 4.09. The van der Waals surface area contributed by atoms with E-state index < -0.39 is 0 Å². The highest BCUT2D eigenvalue weighted by atomic mass is 32.1. The van der Waals surface area contributed by atoms with Gasteiger partial charge in [-0.05, 0) is 17.9 Å². The SMILES string of the molecule is CCCCC(=O)c1onc2ccsc12. The Balaban J connectivity index is 2.25. The van der Waals surface area contributed by atoms with Crippen molar-refractivity contribution in [1.29, 1.82) is 0 Å². The number of hydrogen-bond donors (Lipinski definition) is 0. The Bertz CT molecular complexity index is 444. The summed E-state index contributed by atoms with van der Waals surface area (Å²) in [7, 11) is 0. The van der Waals surface area contributed by atoms with E-state index in [1.807, 2.05) is 11.4 Å². The second kappa shape index (κ2) is 3.92. The highest BCUT2D eigenvalue weighted by Gasteiger charge is 2.16. The number of nitrogens with zero attached hydrogens (tertiary/aromatic N) is 1. The Morgan fingerprint density at radius 3 is 3.29 bits per heavy atom. The van der Waals surface area contributed by atoms with Crippen molar-refractivity contribution in [2.24, 2.45) is 0 Å². The topological polar surface area (TPSA) is 43.1 Å². The molecule has 0 bridgehead atoms. The summed E-state index contributed by atoms with van der Waals surface area (Å²) in [6, 6.07) is 1.86. The van der Waals surface area contributed by atoms with Gasteiger partial charge in [-0.3, -0.25) is 4.79 Å². The molecule has 2 aromatic heterocycles. The van der Waals surface area contributed by atoms with Crippen molar-refractivity contribution < 1.29 is 9.32 Å². The maximum atomic E-state index is 11.6. The van der Waals surface area contributed by atoms with Gasteiger partial charge < -0.3 is 4.52 Å². The lowest BCUT2D eigenvalue weighted by molar-refractivity contribution is 0.0946. The molecule has 0 aliphatic heterocycles. The molecule has 0 spiro atoms. The zero-order valence-electron chi connectivity index (χ0n) is 7.95. The molecule has 0 aliphatic rings. The summed E-state index contributed by atoms with van der Waals surface area (Å²) in [5, 5.41) is 5.74. The van der Waals surface area contributed by atoms with Crippen LogP contribution in [0.3, 0.4) is 0 Å². The molecule has 2 aromatic rings. The second-order valence-electron chi connectivity index (χ2n) is 3.17. The predicted octanol–water partition coefficient (Wildman–Crippen LogP) is 3.26. The number of ketones is 1. The van der Waals surface area contributed by atoms with E-state index in [0.29, 0.717) is 12.2 Å². The van der Waals surface area contributed by atoms with Gasteiger partial charge in [0.1, 0.15) is 10.2 Å². The van der Waals surface area contributed by atoms with Crippen LogP contribution in [0.15, 0.2) is 16.0 Å². The first-order valence-corrected chi connectivity index (χ1v) is 5.57. The lowest BCUT2D eigenvalue weighted by atomic mass is 10.1. The van der Waals surface area contributed by atoms with Crippen molar-refractivity contribution in [1.82, 2.24) is 5.16 Å². The summed E-state index contributed by atoms with van der Waals surface area (Å²) < 4.78 is 5.91. The van der Waals surface area contributed by atoms with Crippen LogP contribution in [-0.4, -0.2) is 10.9 Å². The summed E-state index contributed by atoms with van der Waals surface area (Å²) in [6.07, 6.45) is 2.48. The Labute approximate surface area is 85.7 Å². The molecule has 0 unspecified atom stereocenters. The average molecular weight is 209 g/mol. The largest absolute Gasteiger partial charge is 0.351 e. The molecule has 74 valence electrons. The Kier molecular flexibility index (Phi) is 2.63. The Morgan fingerprint density at radius 1 is 1.64 bits per heavy atom. The minimum absolute atomic E-state index is 0.0665. The van der Waals surface area contributed by atoms with Gasteiger partial charge in [-0.2, -0.15) is 0 Å². The fourth-order valence-corrected chi connectivity index (χ4v) is 2.13. The molecule has 0 aromatic carbocycles. The first-order valence-electron chi connectivity index (χ1n) is 4.69. The van der Waals surface area contributed by atoms with Gasteiger partial charge in [-0.1, -0.05) is 18.5 Å². The molecule has 0 saturated heterocycles. The molecule has 2 rings (SSSR count). The van der Waals surface area contributed by atoms with Gasteiger partial charge in [0.05, 0.1) is 0 Å².